The molecule has 2 saturated carbocycles. The van der Waals surface area contributed by atoms with Crippen LogP contribution in [0.2, 0.25) is 0 Å². The standard InChI is InChI=1S/C16H31N3O/c1-12(2)11-19(13-6-3-4-7-13)14-8-5-9-16(18,10-14)15(17)20/h12-14H,3-11,18H2,1-2H3,(H2,17,20). The lowest BCUT2D eigenvalue weighted by Gasteiger charge is -2.44. The van der Waals surface area contributed by atoms with Gasteiger partial charge in [0.15, 0.2) is 0 Å². The second kappa shape index (κ2) is 6.44. The van der Waals surface area contributed by atoms with Gasteiger partial charge < -0.3 is 11.5 Å². The molecule has 1 amide bonds. The van der Waals surface area contributed by atoms with Crippen molar-refractivity contribution in [2.75, 3.05) is 6.54 Å². The van der Waals surface area contributed by atoms with Gasteiger partial charge in [0.2, 0.25) is 5.91 Å². The van der Waals surface area contributed by atoms with Crippen molar-refractivity contribution in [3.05, 3.63) is 0 Å². The molecule has 0 aliphatic heterocycles. The average Bonchev–Trinajstić information content (AvgIpc) is 2.89. The Morgan fingerprint density at radius 1 is 1.20 bits per heavy atom. The minimum Gasteiger partial charge on any atom is -0.368 e. The van der Waals surface area contributed by atoms with E-state index in [0.29, 0.717) is 18.0 Å². The average molecular weight is 281 g/mol. The number of hydrogen-bond acceptors (Lipinski definition) is 3. The fourth-order valence-corrected chi connectivity index (χ4v) is 4.04. The molecule has 2 unspecified atom stereocenters. The van der Waals surface area contributed by atoms with E-state index in [2.05, 4.69) is 18.7 Å². The third-order valence-corrected chi connectivity index (χ3v) is 5.09. The maximum Gasteiger partial charge on any atom is 0.237 e. The van der Waals surface area contributed by atoms with Crippen molar-refractivity contribution >= 4 is 5.91 Å². The van der Waals surface area contributed by atoms with Gasteiger partial charge in [-0.3, -0.25) is 9.69 Å². The van der Waals surface area contributed by atoms with Gasteiger partial charge in [0.25, 0.3) is 0 Å². The predicted molar refractivity (Wildman–Crippen MR) is 82.2 cm³/mol. The number of primary amides is 1. The maximum absolute atomic E-state index is 11.7. The van der Waals surface area contributed by atoms with Crippen LogP contribution in [0, 0.1) is 5.92 Å². The highest BCUT2D eigenvalue weighted by molar-refractivity contribution is 5.84. The second-order valence-electron chi connectivity index (χ2n) is 7.30. The van der Waals surface area contributed by atoms with Gasteiger partial charge >= 0.3 is 0 Å². The lowest BCUT2D eigenvalue weighted by molar-refractivity contribution is -0.125. The van der Waals surface area contributed by atoms with Crippen LogP contribution >= 0.6 is 0 Å². The highest BCUT2D eigenvalue weighted by atomic mass is 16.1. The second-order valence-corrected chi connectivity index (χ2v) is 7.30. The Morgan fingerprint density at radius 2 is 1.80 bits per heavy atom. The summed E-state index contributed by atoms with van der Waals surface area (Å²) in [5, 5.41) is 0. The molecular formula is C16H31N3O. The SMILES string of the molecule is CC(C)CN(C1CCCC1)C1CCCC(N)(C(N)=O)C1. The largest absolute Gasteiger partial charge is 0.368 e. The molecule has 0 radical (unpaired) electrons. The first-order chi connectivity index (χ1) is 9.42. The third-order valence-electron chi connectivity index (χ3n) is 5.09. The van der Waals surface area contributed by atoms with Crippen LogP contribution in [0.25, 0.3) is 0 Å². The molecule has 4 N–H and O–H groups in total. The van der Waals surface area contributed by atoms with E-state index in [1.807, 2.05) is 0 Å². The molecule has 2 aliphatic rings. The summed E-state index contributed by atoms with van der Waals surface area (Å²) < 4.78 is 0. The number of nitrogens with zero attached hydrogens (tertiary/aromatic N) is 1. The zero-order chi connectivity index (χ0) is 14.8. The molecule has 2 fully saturated rings. The van der Waals surface area contributed by atoms with E-state index in [0.717, 1.165) is 32.2 Å². The highest BCUT2D eigenvalue weighted by Gasteiger charge is 2.41. The fourth-order valence-electron chi connectivity index (χ4n) is 4.04. The van der Waals surface area contributed by atoms with Gasteiger partial charge in [-0.1, -0.05) is 26.7 Å². The summed E-state index contributed by atoms with van der Waals surface area (Å²) in [6.07, 6.45) is 8.96. The summed E-state index contributed by atoms with van der Waals surface area (Å²) in [6, 6.07) is 1.13. The Balaban J connectivity index is 2.09. The van der Waals surface area contributed by atoms with Crippen molar-refractivity contribution in [1.29, 1.82) is 0 Å². The lowest BCUT2D eigenvalue weighted by atomic mass is 9.78. The van der Waals surface area contributed by atoms with Gasteiger partial charge in [0.05, 0.1) is 5.54 Å². The molecule has 4 heteroatoms. The summed E-state index contributed by atoms with van der Waals surface area (Å²) in [7, 11) is 0. The molecule has 0 aromatic rings. The Morgan fingerprint density at radius 3 is 2.35 bits per heavy atom. The van der Waals surface area contributed by atoms with Crippen LogP contribution in [0.3, 0.4) is 0 Å². The molecule has 0 spiro atoms. The summed E-state index contributed by atoms with van der Waals surface area (Å²) in [5.74, 6) is 0.330. The number of carbonyl (C=O) groups is 1. The van der Waals surface area contributed by atoms with Gasteiger partial charge in [0.1, 0.15) is 0 Å². The molecule has 0 saturated heterocycles. The fraction of sp³-hybridized carbons (Fsp3) is 0.938. The van der Waals surface area contributed by atoms with E-state index < -0.39 is 5.54 Å². The number of carbonyl (C=O) groups excluding carboxylic acids is 1. The molecule has 2 aliphatic carbocycles. The van der Waals surface area contributed by atoms with Crippen LogP contribution < -0.4 is 11.5 Å². The van der Waals surface area contributed by atoms with Crippen LogP contribution in [0.5, 0.6) is 0 Å². The van der Waals surface area contributed by atoms with Crippen LogP contribution in [0.1, 0.15) is 65.2 Å². The van der Waals surface area contributed by atoms with Crippen molar-refractivity contribution in [2.24, 2.45) is 17.4 Å². The molecular weight excluding hydrogens is 250 g/mol. The zero-order valence-electron chi connectivity index (χ0n) is 13.1. The van der Waals surface area contributed by atoms with Gasteiger partial charge in [-0.05, 0) is 44.4 Å². The number of amides is 1. The van der Waals surface area contributed by atoms with Crippen LogP contribution in [-0.4, -0.2) is 35.0 Å². The summed E-state index contributed by atoms with van der Waals surface area (Å²) >= 11 is 0. The minimum atomic E-state index is -0.781. The summed E-state index contributed by atoms with van der Waals surface area (Å²) in [5.41, 5.74) is 11.0. The maximum atomic E-state index is 11.7. The first kappa shape index (κ1) is 15.8. The highest BCUT2D eigenvalue weighted by Crippen LogP contribution is 2.34. The molecule has 2 rings (SSSR count). The van der Waals surface area contributed by atoms with E-state index in [1.54, 1.807) is 0 Å². The third kappa shape index (κ3) is 3.53. The zero-order valence-corrected chi connectivity index (χ0v) is 13.1. The Bertz CT molecular complexity index is 339. The lowest BCUT2D eigenvalue weighted by Crippen LogP contribution is -2.59. The van der Waals surface area contributed by atoms with Crippen LogP contribution in [-0.2, 0) is 4.79 Å². The van der Waals surface area contributed by atoms with E-state index in [4.69, 9.17) is 11.5 Å². The Hall–Kier alpha value is -0.610. The van der Waals surface area contributed by atoms with Crippen molar-refractivity contribution in [3.8, 4) is 0 Å². The van der Waals surface area contributed by atoms with Crippen molar-refractivity contribution in [2.45, 2.75) is 82.8 Å². The number of nitrogens with two attached hydrogens (primary N) is 2. The normalized spacial score (nSPS) is 32.1. The number of rotatable bonds is 5. The van der Waals surface area contributed by atoms with Gasteiger partial charge in [-0.2, -0.15) is 0 Å². The number of hydrogen-bond donors (Lipinski definition) is 2. The molecule has 0 bridgehead atoms. The first-order valence-electron chi connectivity index (χ1n) is 8.27. The minimum absolute atomic E-state index is 0.321. The van der Waals surface area contributed by atoms with Gasteiger partial charge in [0, 0.05) is 18.6 Å². The van der Waals surface area contributed by atoms with Crippen molar-refractivity contribution in [1.82, 2.24) is 4.90 Å². The molecule has 0 aromatic carbocycles. The van der Waals surface area contributed by atoms with Crippen molar-refractivity contribution in [3.63, 3.8) is 0 Å². The smallest absolute Gasteiger partial charge is 0.237 e. The Labute approximate surface area is 123 Å². The molecule has 2 atom stereocenters. The topological polar surface area (TPSA) is 72.3 Å². The predicted octanol–water partition coefficient (Wildman–Crippen LogP) is 2.01. The van der Waals surface area contributed by atoms with E-state index in [9.17, 15) is 4.79 Å². The van der Waals surface area contributed by atoms with E-state index >= 15 is 0 Å². The van der Waals surface area contributed by atoms with Gasteiger partial charge in [-0.15, -0.1) is 0 Å². The molecule has 116 valence electrons. The van der Waals surface area contributed by atoms with Gasteiger partial charge in [-0.25, -0.2) is 0 Å². The molecule has 20 heavy (non-hydrogen) atoms. The first-order valence-corrected chi connectivity index (χ1v) is 8.27. The van der Waals surface area contributed by atoms with Crippen LogP contribution in [0.4, 0.5) is 0 Å². The molecule has 4 nitrogen and oxygen atoms in total. The van der Waals surface area contributed by atoms with E-state index in [-0.39, 0.29) is 5.91 Å². The molecule has 0 aromatic heterocycles. The van der Waals surface area contributed by atoms with Crippen molar-refractivity contribution < 1.29 is 4.79 Å². The van der Waals surface area contributed by atoms with Crippen LogP contribution in [0.15, 0.2) is 0 Å². The Kier molecular flexibility index (Phi) is 5.08. The quantitative estimate of drug-likeness (QED) is 0.809. The summed E-state index contributed by atoms with van der Waals surface area (Å²) in [4.78, 5) is 14.3. The summed E-state index contributed by atoms with van der Waals surface area (Å²) in [6.45, 7) is 5.66. The van der Waals surface area contributed by atoms with E-state index in [1.165, 1.54) is 25.7 Å². The monoisotopic (exact) mass is 281 g/mol. The molecule has 0 heterocycles.